The smallest absolute Gasteiger partial charge is 0.170 e. The van der Waals surface area contributed by atoms with E-state index in [0.717, 1.165) is 49.3 Å². The summed E-state index contributed by atoms with van der Waals surface area (Å²) in [6, 6.07) is 8.40. The summed E-state index contributed by atoms with van der Waals surface area (Å²) in [6.07, 6.45) is 1.93. The molecule has 0 bridgehead atoms. The summed E-state index contributed by atoms with van der Waals surface area (Å²) in [5, 5.41) is 1.09. The van der Waals surface area contributed by atoms with Crippen LogP contribution in [0.2, 0.25) is 0 Å². The van der Waals surface area contributed by atoms with Gasteiger partial charge in [0.15, 0.2) is 5.16 Å². The Morgan fingerprint density at radius 2 is 1.95 bits per heavy atom. The summed E-state index contributed by atoms with van der Waals surface area (Å²) in [7, 11) is 2.19. The van der Waals surface area contributed by atoms with Gasteiger partial charge in [0, 0.05) is 31.9 Å². The Morgan fingerprint density at radius 3 is 2.68 bits per heavy atom. The predicted molar refractivity (Wildman–Crippen MR) is 89.7 cm³/mol. The summed E-state index contributed by atoms with van der Waals surface area (Å²) >= 11 is 1.76. The molecular weight excluding hydrogens is 316 g/mol. The lowest BCUT2D eigenvalue weighted by Crippen LogP contribution is -3.00. The third kappa shape index (κ3) is 3.84. The number of thioether (sulfide) groups is 1. The van der Waals surface area contributed by atoms with Gasteiger partial charge in [0.2, 0.25) is 0 Å². The number of likely N-dealkylation sites (N-methyl/N-ethyl adjacent to an activating group) is 1. The first-order valence-corrected chi connectivity index (χ1v) is 8.36. The van der Waals surface area contributed by atoms with Gasteiger partial charge in [-0.2, -0.15) is 0 Å². The molecular formula is C16H22ClN4S-. The van der Waals surface area contributed by atoms with E-state index in [2.05, 4.69) is 52.3 Å². The van der Waals surface area contributed by atoms with Gasteiger partial charge in [-0.25, -0.2) is 4.98 Å². The number of hydrogen-bond acceptors (Lipinski definition) is 4. The van der Waals surface area contributed by atoms with Crippen LogP contribution < -0.4 is 12.4 Å². The van der Waals surface area contributed by atoms with Crippen LogP contribution >= 0.6 is 11.8 Å². The highest BCUT2D eigenvalue weighted by Crippen LogP contribution is 2.24. The first kappa shape index (κ1) is 17.3. The Morgan fingerprint density at radius 1 is 1.23 bits per heavy atom. The number of halogens is 1. The number of hydrogen-bond donors (Lipinski definition) is 0. The predicted octanol–water partition coefficient (Wildman–Crippen LogP) is -0.477. The molecule has 2 aromatic rings. The van der Waals surface area contributed by atoms with Crippen molar-refractivity contribution in [3.63, 3.8) is 0 Å². The molecule has 22 heavy (non-hydrogen) atoms. The van der Waals surface area contributed by atoms with Gasteiger partial charge in [0.1, 0.15) is 0 Å². The molecule has 120 valence electrons. The fourth-order valence-corrected chi connectivity index (χ4v) is 3.36. The standard InChI is InChI=1S/C16H22N4S.ClH/c1-3-12-21-16-17-14-6-4-5-7-15(14)20(16)13-19-10-8-18(2)9-11-19;/h3-7H,1,8-13H2,2H3;1H/p-1. The minimum Gasteiger partial charge on any atom is -1.00 e. The van der Waals surface area contributed by atoms with Crippen molar-refractivity contribution in [2.24, 2.45) is 0 Å². The fraction of sp³-hybridized carbons (Fsp3) is 0.438. The Hall–Kier alpha value is -1.01. The van der Waals surface area contributed by atoms with Crippen molar-refractivity contribution in [1.82, 2.24) is 19.4 Å². The van der Waals surface area contributed by atoms with Crippen LogP contribution in [0.15, 0.2) is 42.1 Å². The van der Waals surface area contributed by atoms with Crippen molar-refractivity contribution in [2.75, 3.05) is 39.0 Å². The monoisotopic (exact) mass is 337 g/mol. The van der Waals surface area contributed by atoms with Crippen LogP contribution in [0, 0.1) is 0 Å². The average molecular weight is 338 g/mol. The summed E-state index contributed by atoms with van der Waals surface area (Å²) in [4.78, 5) is 9.66. The average Bonchev–Trinajstić information content (AvgIpc) is 2.85. The van der Waals surface area contributed by atoms with Gasteiger partial charge in [-0.1, -0.05) is 30.0 Å². The first-order chi connectivity index (χ1) is 10.3. The number of fused-ring (bicyclic) bond motifs is 1. The second kappa shape index (κ2) is 8.02. The lowest BCUT2D eigenvalue weighted by Gasteiger charge is -2.32. The van der Waals surface area contributed by atoms with E-state index < -0.39 is 0 Å². The number of imidazole rings is 1. The molecule has 1 saturated heterocycles. The van der Waals surface area contributed by atoms with Crippen LogP contribution in [0.25, 0.3) is 11.0 Å². The van der Waals surface area contributed by atoms with Crippen molar-refractivity contribution in [1.29, 1.82) is 0 Å². The van der Waals surface area contributed by atoms with Crippen LogP contribution in [0.4, 0.5) is 0 Å². The van der Waals surface area contributed by atoms with E-state index in [-0.39, 0.29) is 12.4 Å². The molecule has 1 aromatic carbocycles. The highest BCUT2D eigenvalue weighted by molar-refractivity contribution is 7.99. The molecule has 0 amide bonds. The summed E-state index contributed by atoms with van der Waals surface area (Å²) in [6.45, 7) is 9.25. The van der Waals surface area contributed by atoms with Gasteiger partial charge in [-0.15, -0.1) is 6.58 Å². The van der Waals surface area contributed by atoms with Gasteiger partial charge in [0.05, 0.1) is 17.7 Å². The van der Waals surface area contributed by atoms with Gasteiger partial charge >= 0.3 is 0 Å². The maximum Gasteiger partial charge on any atom is 0.170 e. The molecule has 0 aliphatic carbocycles. The van der Waals surface area contributed by atoms with Crippen LogP contribution in [0.1, 0.15) is 0 Å². The molecule has 1 fully saturated rings. The molecule has 3 rings (SSSR count). The molecule has 1 aliphatic rings. The van der Waals surface area contributed by atoms with E-state index >= 15 is 0 Å². The van der Waals surface area contributed by atoms with E-state index in [1.54, 1.807) is 11.8 Å². The highest BCUT2D eigenvalue weighted by atomic mass is 35.5. The molecule has 0 N–H and O–H groups in total. The van der Waals surface area contributed by atoms with Gasteiger partial charge in [-0.05, 0) is 19.2 Å². The van der Waals surface area contributed by atoms with Crippen molar-refractivity contribution in [2.45, 2.75) is 11.8 Å². The number of nitrogens with zero attached hydrogens (tertiary/aromatic N) is 4. The molecule has 6 heteroatoms. The number of para-hydroxylation sites is 2. The molecule has 4 nitrogen and oxygen atoms in total. The van der Waals surface area contributed by atoms with E-state index in [1.165, 1.54) is 5.52 Å². The lowest BCUT2D eigenvalue weighted by atomic mass is 10.3. The van der Waals surface area contributed by atoms with Gasteiger partial charge in [0.25, 0.3) is 0 Å². The van der Waals surface area contributed by atoms with E-state index in [0.29, 0.717) is 0 Å². The number of rotatable bonds is 5. The molecule has 0 saturated carbocycles. The zero-order valence-electron chi connectivity index (χ0n) is 12.9. The quantitative estimate of drug-likeness (QED) is 0.543. The van der Waals surface area contributed by atoms with E-state index in [4.69, 9.17) is 4.98 Å². The summed E-state index contributed by atoms with van der Waals surface area (Å²) in [5.74, 6) is 0.895. The summed E-state index contributed by atoms with van der Waals surface area (Å²) < 4.78 is 2.34. The van der Waals surface area contributed by atoms with Gasteiger partial charge < -0.3 is 21.9 Å². The Labute approximate surface area is 142 Å². The SMILES string of the molecule is C=CCSc1nc2ccccc2n1CN1CCN(C)CC1.[Cl-]. The maximum atomic E-state index is 4.77. The third-order valence-electron chi connectivity index (χ3n) is 3.89. The lowest BCUT2D eigenvalue weighted by molar-refractivity contribution is -0.00000433. The molecule has 0 unspecified atom stereocenters. The summed E-state index contributed by atoms with van der Waals surface area (Å²) in [5.41, 5.74) is 2.31. The van der Waals surface area contributed by atoms with Crippen molar-refractivity contribution < 1.29 is 12.4 Å². The second-order valence-electron chi connectivity index (χ2n) is 5.47. The Balaban J connectivity index is 0.00000176. The van der Waals surface area contributed by atoms with Crippen LogP contribution in [-0.4, -0.2) is 58.3 Å². The largest absolute Gasteiger partial charge is 1.00 e. The van der Waals surface area contributed by atoms with Crippen LogP contribution in [0.3, 0.4) is 0 Å². The fourth-order valence-electron chi connectivity index (χ4n) is 2.62. The van der Waals surface area contributed by atoms with Crippen LogP contribution in [-0.2, 0) is 6.67 Å². The highest BCUT2D eigenvalue weighted by Gasteiger charge is 2.17. The number of aromatic nitrogens is 2. The topological polar surface area (TPSA) is 24.3 Å². The number of piperazine rings is 1. The molecule has 1 aromatic heterocycles. The normalized spacial score (nSPS) is 16.6. The van der Waals surface area contributed by atoms with Crippen molar-refractivity contribution in [3.8, 4) is 0 Å². The molecule has 2 heterocycles. The van der Waals surface area contributed by atoms with E-state index in [1.807, 2.05) is 6.08 Å². The first-order valence-electron chi connectivity index (χ1n) is 7.38. The molecule has 0 spiro atoms. The Kier molecular flexibility index (Phi) is 6.32. The second-order valence-corrected chi connectivity index (χ2v) is 6.46. The zero-order chi connectivity index (χ0) is 14.7. The zero-order valence-corrected chi connectivity index (χ0v) is 14.5. The van der Waals surface area contributed by atoms with E-state index in [9.17, 15) is 0 Å². The van der Waals surface area contributed by atoms with Gasteiger partial charge in [-0.3, -0.25) is 4.90 Å². The molecule has 1 aliphatic heterocycles. The molecule has 0 atom stereocenters. The van der Waals surface area contributed by atoms with Crippen molar-refractivity contribution in [3.05, 3.63) is 36.9 Å². The van der Waals surface area contributed by atoms with Crippen molar-refractivity contribution >= 4 is 22.8 Å². The Bertz CT molecular complexity index is 620. The maximum absolute atomic E-state index is 4.77. The molecule has 0 radical (unpaired) electrons. The minimum absolute atomic E-state index is 0. The number of benzene rings is 1. The minimum atomic E-state index is 0. The third-order valence-corrected chi connectivity index (χ3v) is 4.86. The van der Waals surface area contributed by atoms with Crippen LogP contribution in [0.5, 0.6) is 0 Å².